The van der Waals surface area contributed by atoms with Crippen molar-refractivity contribution in [2.24, 2.45) is 0 Å². The van der Waals surface area contributed by atoms with Crippen LogP contribution in [0, 0.1) is 0 Å². The molecule has 0 spiro atoms. The zero-order valence-electron chi connectivity index (χ0n) is 11.2. The van der Waals surface area contributed by atoms with E-state index in [9.17, 15) is 0 Å². The first-order valence-electron chi connectivity index (χ1n) is 7.09. The van der Waals surface area contributed by atoms with Crippen LogP contribution in [-0.4, -0.2) is 11.5 Å². The molecule has 4 rings (SSSR count). The second-order valence-electron chi connectivity index (χ2n) is 5.21. The van der Waals surface area contributed by atoms with Gasteiger partial charge < -0.3 is 4.90 Å². The molecule has 100 valence electrons. The molecule has 0 radical (unpaired) electrons. The third-order valence-corrected chi connectivity index (χ3v) is 5.07. The van der Waals surface area contributed by atoms with Gasteiger partial charge in [0.2, 0.25) is 0 Å². The molecule has 0 aliphatic carbocycles. The minimum Gasteiger partial charge on any atom is -0.362 e. The summed E-state index contributed by atoms with van der Waals surface area (Å²) in [6.07, 6.45) is 2.45. The highest BCUT2D eigenvalue weighted by molar-refractivity contribution is 7.18. The lowest BCUT2D eigenvalue weighted by molar-refractivity contribution is 0.715. The van der Waals surface area contributed by atoms with Crippen molar-refractivity contribution in [2.45, 2.75) is 18.9 Å². The van der Waals surface area contributed by atoms with Gasteiger partial charge >= 0.3 is 0 Å². The summed E-state index contributed by atoms with van der Waals surface area (Å²) in [7, 11) is 0. The molecule has 0 saturated carbocycles. The van der Waals surface area contributed by atoms with E-state index >= 15 is 0 Å². The number of hydrogen-bond donors (Lipinski definition) is 0. The first-order valence-corrected chi connectivity index (χ1v) is 7.90. The van der Waals surface area contributed by atoms with Crippen molar-refractivity contribution >= 4 is 27.2 Å². The lowest BCUT2D eigenvalue weighted by Gasteiger charge is -2.25. The molecule has 1 aromatic heterocycles. The fourth-order valence-corrected chi connectivity index (χ4v) is 4.10. The Morgan fingerprint density at radius 2 is 1.80 bits per heavy atom. The van der Waals surface area contributed by atoms with Gasteiger partial charge in [-0.25, -0.2) is 4.98 Å². The molecular weight excluding hydrogens is 264 g/mol. The van der Waals surface area contributed by atoms with E-state index < -0.39 is 0 Å². The molecule has 0 bridgehead atoms. The van der Waals surface area contributed by atoms with E-state index in [0.29, 0.717) is 6.04 Å². The molecule has 1 aliphatic heterocycles. The Labute approximate surface area is 122 Å². The molecule has 2 aromatic carbocycles. The van der Waals surface area contributed by atoms with E-state index in [4.69, 9.17) is 4.98 Å². The van der Waals surface area contributed by atoms with Gasteiger partial charge in [-0.05, 0) is 37.1 Å². The van der Waals surface area contributed by atoms with Crippen LogP contribution in [0.2, 0.25) is 0 Å². The SMILES string of the molecule is c1ccc(N2CCC[C@@H]2c2nc3ccccc3s2)cc1. The normalized spacial score (nSPS) is 18.8. The third-order valence-electron chi connectivity index (χ3n) is 3.94. The Morgan fingerprint density at radius 1 is 1.00 bits per heavy atom. The molecule has 0 amide bonds. The molecule has 1 atom stereocenters. The van der Waals surface area contributed by atoms with Gasteiger partial charge in [0.15, 0.2) is 0 Å². The molecule has 2 heterocycles. The van der Waals surface area contributed by atoms with E-state index in [1.54, 1.807) is 0 Å². The highest BCUT2D eigenvalue weighted by atomic mass is 32.1. The summed E-state index contributed by atoms with van der Waals surface area (Å²) >= 11 is 1.84. The molecule has 2 nitrogen and oxygen atoms in total. The second kappa shape index (κ2) is 4.91. The first kappa shape index (κ1) is 11.9. The van der Waals surface area contributed by atoms with Crippen molar-refractivity contribution in [2.75, 3.05) is 11.4 Å². The van der Waals surface area contributed by atoms with E-state index in [1.807, 2.05) is 11.3 Å². The Hall–Kier alpha value is -1.87. The van der Waals surface area contributed by atoms with Crippen LogP contribution in [0.1, 0.15) is 23.9 Å². The maximum Gasteiger partial charge on any atom is 0.116 e. The average molecular weight is 280 g/mol. The topological polar surface area (TPSA) is 16.1 Å². The number of aromatic nitrogens is 1. The van der Waals surface area contributed by atoms with E-state index in [-0.39, 0.29) is 0 Å². The molecule has 1 fully saturated rings. The molecule has 3 heteroatoms. The number of rotatable bonds is 2. The van der Waals surface area contributed by atoms with Crippen LogP contribution in [0.3, 0.4) is 0 Å². The van der Waals surface area contributed by atoms with Crippen molar-refractivity contribution in [1.82, 2.24) is 4.98 Å². The zero-order chi connectivity index (χ0) is 13.4. The number of nitrogens with zero attached hydrogens (tertiary/aromatic N) is 2. The van der Waals surface area contributed by atoms with Gasteiger partial charge in [0.1, 0.15) is 5.01 Å². The van der Waals surface area contributed by atoms with Crippen LogP contribution in [0.25, 0.3) is 10.2 Å². The number of hydrogen-bond acceptors (Lipinski definition) is 3. The molecule has 0 N–H and O–H groups in total. The van der Waals surface area contributed by atoms with Crippen molar-refractivity contribution in [3.05, 3.63) is 59.6 Å². The maximum atomic E-state index is 4.85. The summed E-state index contributed by atoms with van der Waals surface area (Å²) in [6.45, 7) is 1.13. The van der Waals surface area contributed by atoms with Crippen LogP contribution in [-0.2, 0) is 0 Å². The van der Waals surface area contributed by atoms with E-state index in [1.165, 1.54) is 28.2 Å². The fraction of sp³-hybridized carbons (Fsp3) is 0.235. The minimum atomic E-state index is 0.440. The van der Waals surface area contributed by atoms with Crippen molar-refractivity contribution in [3.8, 4) is 0 Å². The van der Waals surface area contributed by atoms with Gasteiger partial charge in [-0.2, -0.15) is 0 Å². The molecule has 1 saturated heterocycles. The van der Waals surface area contributed by atoms with Crippen LogP contribution in [0.15, 0.2) is 54.6 Å². The van der Waals surface area contributed by atoms with E-state index in [0.717, 1.165) is 12.1 Å². The molecule has 1 aliphatic rings. The first-order chi connectivity index (χ1) is 9.92. The Bertz CT molecular complexity index is 687. The predicted octanol–water partition coefficient (Wildman–Crippen LogP) is 4.64. The summed E-state index contributed by atoms with van der Waals surface area (Å²) in [5.74, 6) is 0. The van der Waals surface area contributed by atoms with Crippen LogP contribution in [0.4, 0.5) is 5.69 Å². The maximum absolute atomic E-state index is 4.85. The summed E-state index contributed by atoms with van der Waals surface area (Å²) in [4.78, 5) is 7.35. The largest absolute Gasteiger partial charge is 0.362 e. The third kappa shape index (κ3) is 1.98. The quantitative estimate of drug-likeness (QED) is 0.680. The van der Waals surface area contributed by atoms with Crippen molar-refractivity contribution in [3.63, 3.8) is 0 Å². The van der Waals surface area contributed by atoms with Gasteiger partial charge in [0.05, 0.1) is 16.3 Å². The lowest BCUT2D eigenvalue weighted by atomic mass is 10.2. The number of fused-ring (bicyclic) bond motifs is 1. The van der Waals surface area contributed by atoms with Crippen LogP contribution < -0.4 is 4.90 Å². The second-order valence-corrected chi connectivity index (χ2v) is 6.27. The van der Waals surface area contributed by atoms with Crippen molar-refractivity contribution < 1.29 is 0 Å². The van der Waals surface area contributed by atoms with Gasteiger partial charge in [-0.3, -0.25) is 0 Å². The summed E-state index contributed by atoms with van der Waals surface area (Å²) in [6, 6.07) is 19.6. The highest BCUT2D eigenvalue weighted by Crippen LogP contribution is 2.38. The van der Waals surface area contributed by atoms with Gasteiger partial charge in [0.25, 0.3) is 0 Å². The monoisotopic (exact) mass is 280 g/mol. The smallest absolute Gasteiger partial charge is 0.116 e. The molecular formula is C17H16N2S. The number of para-hydroxylation sites is 2. The lowest BCUT2D eigenvalue weighted by Crippen LogP contribution is -2.22. The summed E-state index contributed by atoms with van der Waals surface area (Å²) in [5, 5.41) is 1.26. The highest BCUT2D eigenvalue weighted by Gasteiger charge is 2.28. The number of benzene rings is 2. The molecule has 3 aromatic rings. The van der Waals surface area contributed by atoms with Gasteiger partial charge in [-0.1, -0.05) is 30.3 Å². The molecule has 20 heavy (non-hydrogen) atoms. The average Bonchev–Trinajstić information content (AvgIpc) is 3.14. The fourth-order valence-electron chi connectivity index (χ4n) is 2.98. The Kier molecular flexibility index (Phi) is 2.92. The molecule has 0 unspecified atom stereocenters. The zero-order valence-corrected chi connectivity index (χ0v) is 12.0. The van der Waals surface area contributed by atoms with E-state index in [2.05, 4.69) is 59.5 Å². The number of anilines is 1. The van der Waals surface area contributed by atoms with Gasteiger partial charge in [-0.15, -0.1) is 11.3 Å². The summed E-state index contributed by atoms with van der Waals surface area (Å²) < 4.78 is 1.29. The standard InChI is InChI=1S/C17H16N2S/c1-2-7-13(8-3-1)19-12-6-10-15(19)17-18-14-9-4-5-11-16(14)20-17/h1-5,7-9,11,15H,6,10,12H2/t15-/m1/s1. The Balaban J connectivity index is 1.73. The Morgan fingerprint density at radius 3 is 2.65 bits per heavy atom. The predicted molar refractivity (Wildman–Crippen MR) is 85.4 cm³/mol. The minimum absolute atomic E-state index is 0.440. The van der Waals surface area contributed by atoms with Gasteiger partial charge in [0, 0.05) is 12.2 Å². The van der Waals surface area contributed by atoms with Crippen LogP contribution >= 0.6 is 11.3 Å². The number of thiazole rings is 1. The van der Waals surface area contributed by atoms with Crippen molar-refractivity contribution in [1.29, 1.82) is 0 Å². The summed E-state index contributed by atoms with van der Waals surface area (Å²) in [5.41, 5.74) is 2.45. The van der Waals surface area contributed by atoms with Crippen LogP contribution in [0.5, 0.6) is 0 Å².